The third-order valence-corrected chi connectivity index (χ3v) is 5.04. The normalized spacial score (nSPS) is 21.0. The van der Waals surface area contributed by atoms with Crippen LogP contribution in [-0.4, -0.2) is 62.4 Å². The van der Waals surface area contributed by atoms with Gasteiger partial charge in [-0.05, 0) is 43.5 Å². The zero-order valence-corrected chi connectivity index (χ0v) is 15.9. The summed E-state index contributed by atoms with van der Waals surface area (Å²) in [7, 11) is 3.18. The molecule has 8 heteroatoms. The fourth-order valence-electron chi connectivity index (χ4n) is 3.39. The fourth-order valence-corrected chi connectivity index (χ4v) is 3.51. The van der Waals surface area contributed by atoms with Gasteiger partial charge in [0.05, 0.1) is 12.1 Å². The Hall–Kier alpha value is -1.83. The van der Waals surface area contributed by atoms with E-state index in [1.165, 1.54) is 7.11 Å². The molecule has 0 saturated carbocycles. The molecule has 144 valence electrons. The number of primary amides is 1. The lowest BCUT2D eigenvalue weighted by Gasteiger charge is -2.46. The number of halogens is 1. The van der Waals surface area contributed by atoms with Crippen molar-refractivity contribution in [2.24, 2.45) is 5.73 Å². The molecule has 0 spiro atoms. The van der Waals surface area contributed by atoms with E-state index >= 15 is 0 Å². The Balaban J connectivity index is 2.24. The molecule has 1 aliphatic rings. The molecule has 2 amide bonds. The van der Waals surface area contributed by atoms with Crippen LogP contribution < -0.4 is 11.1 Å². The van der Waals surface area contributed by atoms with Crippen LogP contribution in [0.4, 0.5) is 4.79 Å². The number of amides is 2. The van der Waals surface area contributed by atoms with Crippen LogP contribution in [0.1, 0.15) is 18.4 Å². The number of nitrogens with zero attached hydrogens (tertiary/aromatic N) is 1. The summed E-state index contributed by atoms with van der Waals surface area (Å²) in [5.41, 5.74) is 5.74. The molecular weight excluding hydrogens is 358 g/mol. The van der Waals surface area contributed by atoms with Crippen molar-refractivity contribution >= 4 is 23.6 Å². The molecule has 1 aromatic rings. The Morgan fingerprint density at radius 3 is 2.62 bits per heavy atom. The lowest BCUT2D eigenvalue weighted by atomic mass is 9.82. The second-order valence-electron chi connectivity index (χ2n) is 6.59. The molecule has 1 fully saturated rings. The van der Waals surface area contributed by atoms with Gasteiger partial charge >= 0.3 is 6.09 Å². The fraction of sp³-hybridized carbons (Fsp3) is 0.556. The monoisotopic (exact) mass is 383 g/mol. The van der Waals surface area contributed by atoms with Gasteiger partial charge in [-0.25, -0.2) is 4.79 Å². The topological polar surface area (TPSA) is 93.9 Å². The second-order valence-corrected chi connectivity index (χ2v) is 7.02. The van der Waals surface area contributed by atoms with Crippen LogP contribution in [0.25, 0.3) is 0 Å². The van der Waals surface area contributed by atoms with E-state index in [1.807, 2.05) is 24.3 Å². The van der Waals surface area contributed by atoms with E-state index in [9.17, 15) is 9.59 Å². The Morgan fingerprint density at radius 1 is 1.38 bits per heavy atom. The SMILES string of the molecule is COCC(OC(N)=O)C(=O)N(C)C1(Cc2ccc(Cl)cc2)CCCNC1. The second kappa shape index (κ2) is 9.21. The van der Waals surface area contributed by atoms with Crippen molar-refractivity contribution in [1.29, 1.82) is 0 Å². The van der Waals surface area contributed by atoms with Gasteiger partial charge in [-0.1, -0.05) is 23.7 Å². The van der Waals surface area contributed by atoms with Gasteiger partial charge in [-0.3, -0.25) is 4.79 Å². The first kappa shape index (κ1) is 20.5. The Morgan fingerprint density at radius 2 is 2.08 bits per heavy atom. The number of carbonyl (C=O) groups is 2. The number of hydrogen-bond donors (Lipinski definition) is 2. The number of nitrogens with one attached hydrogen (secondary N) is 1. The Kier molecular flexibility index (Phi) is 7.25. The maximum absolute atomic E-state index is 13.0. The van der Waals surface area contributed by atoms with Crippen molar-refractivity contribution < 1.29 is 19.1 Å². The molecule has 0 bridgehead atoms. The van der Waals surface area contributed by atoms with Gasteiger partial charge in [0.25, 0.3) is 5.91 Å². The number of ether oxygens (including phenoxy) is 2. The number of benzene rings is 1. The van der Waals surface area contributed by atoms with E-state index in [2.05, 4.69) is 5.32 Å². The van der Waals surface area contributed by atoms with Gasteiger partial charge in [0.1, 0.15) is 0 Å². The van der Waals surface area contributed by atoms with E-state index in [1.54, 1.807) is 11.9 Å². The third-order valence-electron chi connectivity index (χ3n) is 4.79. The van der Waals surface area contributed by atoms with E-state index in [4.69, 9.17) is 26.8 Å². The number of methoxy groups -OCH3 is 1. The van der Waals surface area contributed by atoms with E-state index in [-0.39, 0.29) is 12.5 Å². The quantitative estimate of drug-likeness (QED) is 0.745. The van der Waals surface area contributed by atoms with Gasteiger partial charge in [0.15, 0.2) is 0 Å². The Bertz CT molecular complexity index is 617. The van der Waals surface area contributed by atoms with Crippen molar-refractivity contribution in [3.05, 3.63) is 34.9 Å². The predicted molar refractivity (Wildman–Crippen MR) is 99.1 cm³/mol. The molecule has 0 radical (unpaired) electrons. The van der Waals surface area contributed by atoms with Gasteiger partial charge in [-0.15, -0.1) is 0 Å². The molecular formula is C18H26ClN3O4. The molecule has 26 heavy (non-hydrogen) atoms. The highest BCUT2D eigenvalue weighted by Gasteiger charge is 2.41. The van der Waals surface area contributed by atoms with Gasteiger partial charge in [0, 0.05) is 25.7 Å². The van der Waals surface area contributed by atoms with Crippen LogP contribution in [-0.2, 0) is 20.7 Å². The number of likely N-dealkylation sites (N-methyl/N-ethyl adjacent to an activating group) is 1. The minimum Gasteiger partial charge on any atom is -0.434 e. The summed E-state index contributed by atoms with van der Waals surface area (Å²) in [4.78, 5) is 25.8. The minimum absolute atomic E-state index is 0.0451. The van der Waals surface area contributed by atoms with Crippen LogP contribution in [0.15, 0.2) is 24.3 Å². The predicted octanol–water partition coefficient (Wildman–Crippen LogP) is 1.57. The molecule has 0 aromatic heterocycles. The highest BCUT2D eigenvalue weighted by Crippen LogP contribution is 2.29. The average molecular weight is 384 g/mol. The van der Waals surface area contributed by atoms with Crippen molar-refractivity contribution in [3.8, 4) is 0 Å². The molecule has 2 unspecified atom stereocenters. The number of carbonyl (C=O) groups excluding carboxylic acids is 2. The highest BCUT2D eigenvalue weighted by molar-refractivity contribution is 6.30. The van der Waals surface area contributed by atoms with Crippen molar-refractivity contribution in [1.82, 2.24) is 10.2 Å². The number of piperidine rings is 1. The van der Waals surface area contributed by atoms with Crippen LogP contribution in [0.2, 0.25) is 5.02 Å². The molecule has 7 nitrogen and oxygen atoms in total. The van der Waals surface area contributed by atoms with Crippen LogP contribution in [0.3, 0.4) is 0 Å². The zero-order valence-electron chi connectivity index (χ0n) is 15.2. The van der Waals surface area contributed by atoms with Crippen molar-refractivity contribution in [2.75, 3.05) is 33.9 Å². The van der Waals surface area contributed by atoms with Gasteiger partial charge in [-0.2, -0.15) is 0 Å². The largest absolute Gasteiger partial charge is 0.434 e. The first-order valence-electron chi connectivity index (χ1n) is 8.56. The summed E-state index contributed by atoms with van der Waals surface area (Å²) in [5, 5.41) is 4.04. The maximum Gasteiger partial charge on any atom is 0.405 e. The third kappa shape index (κ3) is 5.09. The van der Waals surface area contributed by atoms with Gasteiger partial charge in [0.2, 0.25) is 6.10 Å². The standard InChI is InChI=1S/C18H26ClN3O4/c1-22(16(23)15(11-25-2)26-17(20)24)18(8-3-9-21-12-18)10-13-4-6-14(19)7-5-13/h4-7,15,21H,3,8-12H2,1-2H3,(H2,20,24). The van der Waals surface area contributed by atoms with Crippen LogP contribution in [0.5, 0.6) is 0 Å². The van der Waals surface area contributed by atoms with Crippen LogP contribution >= 0.6 is 11.6 Å². The minimum atomic E-state index is -1.06. The summed E-state index contributed by atoms with van der Waals surface area (Å²) in [5.74, 6) is -0.330. The Labute approximate surface area is 158 Å². The summed E-state index contributed by atoms with van der Waals surface area (Å²) in [6, 6.07) is 7.60. The number of nitrogens with two attached hydrogens (primary N) is 1. The smallest absolute Gasteiger partial charge is 0.405 e. The molecule has 2 atom stereocenters. The molecule has 2 rings (SSSR count). The number of rotatable bonds is 7. The van der Waals surface area contributed by atoms with Crippen molar-refractivity contribution in [2.45, 2.75) is 30.9 Å². The molecule has 1 aliphatic heterocycles. The molecule has 1 aromatic carbocycles. The molecule has 0 aliphatic carbocycles. The summed E-state index contributed by atoms with van der Waals surface area (Å²) in [6.07, 6.45) is 0.377. The maximum atomic E-state index is 13.0. The summed E-state index contributed by atoms with van der Waals surface area (Å²) in [6.45, 7) is 1.51. The molecule has 3 N–H and O–H groups in total. The summed E-state index contributed by atoms with van der Waals surface area (Å²) >= 11 is 5.98. The van der Waals surface area contributed by atoms with Crippen molar-refractivity contribution in [3.63, 3.8) is 0 Å². The molecule has 1 saturated heterocycles. The van der Waals surface area contributed by atoms with E-state index < -0.39 is 17.7 Å². The molecule has 1 heterocycles. The first-order chi connectivity index (χ1) is 12.4. The average Bonchev–Trinajstić information content (AvgIpc) is 2.62. The van der Waals surface area contributed by atoms with E-state index in [0.717, 1.165) is 24.9 Å². The lowest BCUT2D eigenvalue weighted by molar-refractivity contribution is -0.148. The number of hydrogen-bond acceptors (Lipinski definition) is 5. The zero-order chi connectivity index (χ0) is 19.2. The summed E-state index contributed by atoms with van der Waals surface area (Å²) < 4.78 is 9.98. The lowest BCUT2D eigenvalue weighted by Crippen LogP contribution is -2.62. The first-order valence-corrected chi connectivity index (χ1v) is 8.93. The van der Waals surface area contributed by atoms with Crippen LogP contribution in [0, 0.1) is 0 Å². The highest BCUT2D eigenvalue weighted by atomic mass is 35.5. The van der Waals surface area contributed by atoms with E-state index in [0.29, 0.717) is 18.0 Å². The van der Waals surface area contributed by atoms with Gasteiger partial charge < -0.3 is 25.4 Å².